The number of unbranched alkanes of at least 4 members (excludes halogenated alkanes) is 1. The van der Waals surface area contributed by atoms with Gasteiger partial charge in [-0.3, -0.25) is 13.9 Å². The van der Waals surface area contributed by atoms with Crippen molar-refractivity contribution in [1.82, 2.24) is 10.2 Å². The van der Waals surface area contributed by atoms with Gasteiger partial charge in [0.05, 0.1) is 19.1 Å². The van der Waals surface area contributed by atoms with Crippen LogP contribution in [0.1, 0.15) is 38.7 Å². The lowest BCUT2D eigenvalue weighted by molar-refractivity contribution is -0.140. The molecule has 0 fully saturated rings. The molecule has 0 aliphatic rings. The summed E-state index contributed by atoms with van der Waals surface area (Å²) in [5.41, 5.74) is 0.858. The van der Waals surface area contributed by atoms with Crippen LogP contribution >= 0.6 is 23.2 Å². The normalized spacial score (nSPS) is 12.1. The van der Waals surface area contributed by atoms with Gasteiger partial charge in [0.2, 0.25) is 21.8 Å². The van der Waals surface area contributed by atoms with E-state index in [9.17, 15) is 18.0 Å². The summed E-state index contributed by atoms with van der Waals surface area (Å²) in [5, 5.41) is 3.65. The van der Waals surface area contributed by atoms with Crippen molar-refractivity contribution in [3.05, 3.63) is 58.1 Å². The van der Waals surface area contributed by atoms with Gasteiger partial charge in [0.15, 0.2) is 0 Å². The van der Waals surface area contributed by atoms with Crippen LogP contribution in [-0.4, -0.2) is 57.6 Å². The van der Waals surface area contributed by atoms with E-state index in [0.29, 0.717) is 34.3 Å². The number of amides is 2. The number of hydrogen-bond donors (Lipinski definition) is 1. The molecule has 2 rings (SSSR count). The smallest absolute Gasteiger partial charge is 0.244 e. The standard InChI is InChI=1S/C25H33Cl2N3O5S/c1-5-7-13-28-25(32)23(6-2)29(16-18-11-12-19(26)14-22(18)27)24(31)17-30(36(4,33)34)20-9-8-10-21(15-20)35-3/h8-12,14-15,23H,5-7,13,16-17H2,1-4H3,(H,28,32)/t23-/m0/s1. The number of methoxy groups -OCH3 is 1. The highest BCUT2D eigenvalue weighted by atomic mass is 35.5. The first-order valence-electron chi connectivity index (χ1n) is 11.6. The topological polar surface area (TPSA) is 96.0 Å². The number of hydrogen-bond acceptors (Lipinski definition) is 5. The van der Waals surface area contributed by atoms with Crippen LogP contribution in [-0.2, 0) is 26.2 Å². The molecular weight excluding hydrogens is 525 g/mol. The molecule has 0 unspecified atom stereocenters. The van der Waals surface area contributed by atoms with Gasteiger partial charge in [-0.25, -0.2) is 8.42 Å². The highest BCUT2D eigenvalue weighted by molar-refractivity contribution is 7.92. The molecule has 198 valence electrons. The lowest BCUT2D eigenvalue weighted by Gasteiger charge is -2.33. The van der Waals surface area contributed by atoms with Crippen LogP contribution in [0.25, 0.3) is 0 Å². The fraction of sp³-hybridized carbons (Fsp3) is 0.440. The number of ether oxygens (including phenoxy) is 1. The van der Waals surface area contributed by atoms with Crippen molar-refractivity contribution in [2.45, 2.75) is 45.7 Å². The molecule has 2 aromatic rings. The quantitative estimate of drug-likeness (QED) is 0.366. The van der Waals surface area contributed by atoms with Gasteiger partial charge in [0.1, 0.15) is 18.3 Å². The minimum absolute atomic E-state index is 0.00422. The third-order valence-electron chi connectivity index (χ3n) is 5.59. The SMILES string of the molecule is CCCCNC(=O)[C@H](CC)N(Cc1ccc(Cl)cc1Cl)C(=O)CN(c1cccc(OC)c1)S(C)(=O)=O. The Labute approximate surface area is 223 Å². The fourth-order valence-corrected chi connectivity index (χ4v) is 4.95. The van der Waals surface area contributed by atoms with Crippen molar-refractivity contribution in [3.63, 3.8) is 0 Å². The number of nitrogens with one attached hydrogen (secondary N) is 1. The van der Waals surface area contributed by atoms with Gasteiger partial charge >= 0.3 is 0 Å². The van der Waals surface area contributed by atoms with Crippen LogP contribution < -0.4 is 14.4 Å². The molecular formula is C25H33Cl2N3O5S. The van der Waals surface area contributed by atoms with Crippen LogP contribution in [0.2, 0.25) is 10.0 Å². The zero-order chi connectivity index (χ0) is 26.9. The molecule has 0 saturated carbocycles. The predicted molar refractivity (Wildman–Crippen MR) is 144 cm³/mol. The van der Waals surface area contributed by atoms with E-state index in [1.54, 1.807) is 43.3 Å². The molecule has 1 atom stereocenters. The number of benzene rings is 2. The van der Waals surface area contributed by atoms with E-state index in [0.717, 1.165) is 23.4 Å². The number of carbonyl (C=O) groups is 2. The average Bonchev–Trinajstić information content (AvgIpc) is 2.83. The van der Waals surface area contributed by atoms with Crippen LogP contribution in [0.4, 0.5) is 5.69 Å². The monoisotopic (exact) mass is 557 g/mol. The lowest BCUT2D eigenvalue weighted by atomic mass is 10.1. The Morgan fingerprint density at radius 1 is 1.11 bits per heavy atom. The zero-order valence-electron chi connectivity index (χ0n) is 21.0. The Balaban J connectivity index is 2.45. The maximum absolute atomic E-state index is 13.7. The molecule has 0 aromatic heterocycles. The van der Waals surface area contributed by atoms with E-state index < -0.39 is 28.5 Å². The van der Waals surface area contributed by atoms with Crippen LogP contribution in [0.15, 0.2) is 42.5 Å². The number of rotatable bonds is 13. The van der Waals surface area contributed by atoms with Gasteiger partial charge in [-0.15, -0.1) is 0 Å². The van der Waals surface area contributed by atoms with E-state index in [4.69, 9.17) is 27.9 Å². The second kappa shape index (κ2) is 13.7. The van der Waals surface area contributed by atoms with Gasteiger partial charge in [-0.1, -0.05) is 55.6 Å². The summed E-state index contributed by atoms with van der Waals surface area (Å²) in [4.78, 5) is 28.1. The molecule has 0 heterocycles. The van der Waals surface area contributed by atoms with Gasteiger partial charge in [-0.2, -0.15) is 0 Å². The van der Waals surface area contributed by atoms with Gasteiger partial charge in [0.25, 0.3) is 0 Å². The molecule has 8 nitrogen and oxygen atoms in total. The second-order valence-electron chi connectivity index (χ2n) is 8.30. The summed E-state index contributed by atoms with van der Waals surface area (Å²) in [7, 11) is -2.37. The van der Waals surface area contributed by atoms with Gasteiger partial charge in [0, 0.05) is 29.2 Å². The number of nitrogens with zero attached hydrogens (tertiary/aromatic N) is 2. The van der Waals surface area contributed by atoms with Crippen molar-refractivity contribution in [2.75, 3.05) is 30.8 Å². The molecule has 2 amide bonds. The molecule has 1 N–H and O–H groups in total. The van der Waals surface area contributed by atoms with Crippen LogP contribution in [0, 0.1) is 0 Å². The molecule has 0 spiro atoms. The van der Waals surface area contributed by atoms with E-state index >= 15 is 0 Å². The van der Waals surface area contributed by atoms with Crippen molar-refractivity contribution in [1.29, 1.82) is 0 Å². The van der Waals surface area contributed by atoms with Crippen molar-refractivity contribution in [2.24, 2.45) is 0 Å². The third kappa shape index (κ3) is 8.28. The molecule has 0 aliphatic carbocycles. The highest BCUT2D eigenvalue weighted by Crippen LogP contribution is 2.26. The molecule has 0 radical (unpaired) electrons. The lowest BCUT2D eigenvalue weighted by Crippen LogP contribution is -2.52. The molecule has 0 bridgehead atoms. The summed E-state index contributed by atoms with van der Waals surface area (Å²) >= 11 is 12.4. The molecule has 2 aromatic carbocycles. The van der Waals surface area contributed by atoms with Crippen molar-refractivity contribution < 1.29 is 22.7 Å². The minimum Gasteiger partial charge on any atom is -0.497 e. The van der Waals surface area contributed by atoms with E-state index in [2.05, 4.69) is 5.32 Å². The summed E-state index contributed by atoms with van der Waals surface area (Å²) in [6.45, 7) is 3.79. The van der Waals surface area contributed by atoms with E-state index in [1.165, 1.54) is 18.1 Å². The van der Waals surface area contributed by atoms with Crippen LogP contribution in [0.3, 0.4) is 0 Å². The Morgan fingerprint density at radius 2 is 1.83 bits per heavy atom. The Bertz CT molecular complexity index is 1160. The zero-order valence-corrected chi connectivity index (χ0v) is 23.3. The summed E-state index contributed by atoms with van der Waals surface area (Å²) in [6, 6.07) is 10.5. The molecule has 11 heteroatoms. The maximum Gasteiger partial charge on any atom is 0.244 e. The molecule has 0 aliphatic heterocycles. The fourth-order valence-electron chi connectivity index (χ4n) is 3.64. The summed E-state index contributed by atoms with van der Waals surface area (Å²) in [5.74, 6) is -0.413. The third-order valence-corrected chi connectivity index (χ3v) is 7.32. The van der Waals surface area contributed by atoms with Gasteiger partial charge in [-0.05, 0) is 42.7 Å². The largest absolute Gasteiger partial charge is 0.497 e. The van der Waals surface area contributed by atoms with Crippen molar-refractivity contribution >= 4 is 50.7 Å². The number of halogens is 2. The minimum atomic E-state index is -3.84. The maximum atomic E-state index is 13.7. The first-order chi connectivity index (χ1) is 17.0. The molecule has 36 heavy (non-hydrogen) atoms. The Hall–Kier alpha value is -2.49. The second-order valence-corrected chi connectivity index (χ2v) is 11.0. The van der Waals surface area contributed by atoms with E-state index in [1.807, 2.05) is 6.92 Å². The average molecular weight is 559 g/mol. The number of anilines is 1. The molecule has 0 saturated heterocycles. The first-order valence-corrected chi connectivity index (χ1v) is 14.2. The Kier molecular flexibility index (Phi) is 11.3. The number of carbonyl (C=O) groups excluding carboxylic acids is 2. The van der Waals surface area contributed by atoms with Crippen molar-refractivity contribution in [3.8, 4) is 5.75 Å². The number of sulfonamides is 1. The first kappa shape index (κ1) is 29.7. The van der Waals surface area contributed by atoms with E-state index in [-0.39, 0.29) is 18.1 Å². The highest BCUT2D eigenvalue weighted by Gasteiger charge is 2.32. The van der Waals surface area contributed by atoms with Gasteiger partial charge < -0.3 is 15.0 Å². The summed E-state index contributed by atoms with van der Waals surface area (Å²) < 4.78 is 31.6. The Morgan fingerprint density at radius 3 is 2.42 bits per heavy atom. The predicted octanol–water partition coefficient (Wildman–Crippen LogP) is 4.49. The summed E-state index contributed by atoms with van der Waals surface area (Å²) in [6.07, 6.45) is 3.06. The van der Waals surface area contributed by atoms with Crippen LogP contribution in [0.5, 0.6) is 5.75 Å².